The second-order valence-electron chi connectivity index (χ2n) is 11.0. The third-order valence-electron chi connectivity index (χ3n) is 8.10. The van der Waals surface area contributed by atoms with E-state index in [2.05, 4.69) is 15.5 Å². The van der Waals surface area contributed by atoms with Crippen molar-refractivity contribution in [3.05, 3.63) is 117 Å². The molecule has 1 N–H and O–H groups in total. The average molecular weight is 685 g/mol. The molecule has 0 spiro atoms. The summed E-state index contributed by atoms with van der Waals surface area (Å²) in [7, 11) is 3.16. The Morgan fingerprint density at radius 1 is 1.02 bits per heavy atom. The summed E-state index contributed by atoms with van der Waals surface area (Å²) in [5.74, 6) is 0.434. The molecule has 0 bridgehead atoms. The Morgan fingerprint density at radius 2 is 1.83 bits per heavy atom. The molecular formula is C35H33FN6O4S2. The molecule has 13 heteroatoms. The molecule has 1 aliphatic rings. The Balaban J connectivity index is 1.29. The Morgan fingerprint density at radius 3 is 2.58 bits per heavy atom. The van der Waals surface area contributed by atoms with Gasteiger partial charge in [-0.3, -0.25) is 14.2 Å². The maximum Gasteiger partial charge on any atom is 0.253 e. The van der Waals surface area contributed by atoms with E-state index in [1.54, 1.807) is 31.6 Å². The number of thioether (sulfide) groups is 1. The number of aryl methyl sites for hydroxylation is 1. The number of hydrogen-bond acceptors (Lipinski definition) is 9. The lowest BCUT2D eigenvalue weighted by molar-refractivity contribution is -0.130. The van der Waals surface area contributed by atoms with Gasteiger partial charge in [-0.25, -0.2) is 9.40 Å². The smallest absolute Gasteiger partial charge is 0.253 e. The highest BCUT2D eigenvalue weighted by molar-refractivity contribution is 7.99. The number of aromatic nitrogens is 3. The fourth-order valence-electron chi connectivity index (χ4n) is 5.56. The number of hydrazone groups is 1. The number of methoxy groups -OCH3 is 2. The monoisotopic (exact) mass is 684 g/mol. The van der Waals surface area contributed by atoms with Crippen LogP contribution in [0.5, 0.6) is 11.5 Å². The molecule has 48 heavy (non-hydrogen) atoms. The highest BCUT2D eigenvalue weighted by Gasteiger charge is 2.36. The van der Waals surface area contributed by atoms with E-state index in [1.807, 2.05) is 72.3 Å². The normalized spacial score (nSPS) is 14.1. The summed E-state index contributed by atoms with van der Waals surface area (Å²) in [6.07, 6.45) is 0.508. The van der Waals surface area contributed by atoms with Crippen LogP contribution in [0.1, 0.15) is 50.2 Å². The largest absolute Gasteiger partial charge is 0.493 e. The first-order valence-electron chi connectivity index (χ1n) is 15.1. The molecule has 0 fully saturated rings. The minimum absolute atomic E-state index is 0.0165. The maximum absolute atomic E-state index is 14.0. The summed E-state index contributed by atoms with van der Waals surface area (Å²) < 4.78 is 26.9. The lowest BCUT2D eigenvalue weighted by Crippen LogP contribution is -2.29. The standard InChI is InChI=1S/C35H33FN6O4S2/c1-21-9-5-13-27(22(21)2)41-31(19-37-34(44)23-10-6-11-24(36)17-23)38-39-35(41)48-20-32(43)42-28(18-26(40-42)30-15-8-16-47-30)25-12-7-14-29(45-3)33(25)46-4/h5-17,28H,18-20H2,1-4H3,(H,37,44)/t28-/m1/s1. The van der Waals surface area contributed by atoms with Gasteiger partial charge in [0.2, 0.25) is 0 Å². The molecule has 10 nitrogen and oxygen atoms in total. The van der Waals surface area contributed by atoms with E-state index in [9.17, 15) is 14.0 Å². The molecule has 0 unspecified atom stereocenters. The summed E-state index contributed by atoms with van der Waals surface area (Å²) in [5, 5.41) is 20.4. The molecule has 0 saturated carbocycles. The Hall–Kier alpha value is -5.01. The first-order valence-corrected chi connectivity index (χ1v) is 17.0. The van der Waals surface area contributed by atoms with Crippen molar-refractivity contribution in [3.63, 3.8) is 0 Å². The fraction of sp³-hybridized carbons (Fsp3) is 0.229. The number of nitrogens with one attached hydrogen (secondary N) is 1. The molecule has 2 amide bonds. The lowest BCUT2D eigenvalue weighted by atomic mass is 9.99. The van der Waals surface area contributed by atoms with Crippen molar-refractivity contribution < 1.29 is 23.5 Å². The molecule has 5 aromatic rings. The van der Waals surface area contributed by atoms with Gasteiger partial charge in [0.15, 0.2) is 22.5 Å². The number of nitrogens with zero attached hydrogens (tertiary/aromatic N) is 5. The number of rotatable bonds is 11. The van der Waals surface area contributed by atoms with Crippen molar-refractivity contribution in [2.75, 3.05) is 20.0 Å². The van der Waals surface area contributed by atoms with Crippen LogP contribution in [-0.2, 0) is 11.3 Å². The van der Waals surface area contributed by atoms with Crippen molar-refractivity contribution in [1.29, 1.82) is 0 Å². The maximum atomic E-state index is 14.0. The number of ether oxygens (including phenoxy) is 2. The second kappa shape index (κ2) is 14.4. The van der Waals surface area contributed by atoms with Gasteiger partial charge in [0.05, 0.1) is 48.8 Å². The highest BCUT2D eigenvalue weighted by Crippen LogP contribution is 2.42. The molecule has 1 atom stereocenters. The summed E-state index contributed by atoms with van der Waals surface area (Å²) in [5.41, 5.74) is 4.68. The number of para-hydroxylation sites is 1. The van der Waals surface area contributed by atoms with Crippen LogP contribution in [0.3, 0.4) is 0 Å². The first-order chi connectivity index (χ1) is 23.3. The van der Waals surface area contributed by atoms with Gasteiger partial charge in [0, 0.05) is 17.5 Å². The molecule has 1 aliphatic heterocycles. The predicted molar refractivity (Wildman–Crippen MR) is 184 cm³/mol. The molecule has 0 saturated heterocycles. The summed E-state index contributed by atoms with van der Waals surface area (Å²) >= 11 is 2.80. The lowest BCUT2D eigenvalue weighted by Gasteiger charge is -2.24. The molecule has 2 aromatic heterocycles. The number of benzene rings is 3. The molecule has 0 radical (unpaired) electrons. The fourth-order valence-corrected chi connectivity index (χ4v) is 7.10. The van der Waals surface area contributed by atoms with Gasteiger partial charge < -0.3 is 14.8 Å². The van der Waals surface area contributed by atoms with Crippen LogP contribution in [-0.4, -0.2) is 57.3 Å². The Labute approximate surface area is 285 Å². The quantitative estimate of drug-likeness (QED) is 0.158. The third kappa shape index (κ3) is 6.69. The molecule has 3 heterocycles. The van der Waals surface area contributed by atoms with E-state index in [0.29, 0.717) is 28.9 Å². The highest BCUT2D eigenvalue weighted by atomic mass is 32.2. The van der Waals surface area contributed by atoms with Crippen LogP contribution in [0, 0.1) is 19.7 Å². The molecule has 3 aromatic carbocycles. The minimum atomic E-state index is -0.499. The van der Waals surface area contributed by atoms with E-state index in [1.165, 1.54) is 35.0 Å². The topological polar surface area (TPSA) is 111 Å². The van der Waals surface area contributed by atoms with Crippen LogP contribution in [0.25, 0.3) is 5.69 Å². The van der Waals surface area contributed by atoms with Gasteiger partial charge in [-0.15, -0.1) is 21.5 Å². The number of carbonyl (C=O) groups is 2. The average Bonchev–Trinajstić information content (AvgIpc) is 3.87. The Kier molecular flexibility index (Phi) is 9.88. The molecular weight excluding hydrogens is 652 g/mol. The summed E-state index contributed by atoms with van der Waals surface area (Å²) in [4.78, 5) is 27.9. The number of carbonyl (C=O) groups excluding carboxylic acids is 2. The van der Waals surface area contributed by atoms with E-state index < -0.39 is 17.8 Å². The van der Waals surface area contributed by atoms with Crippen LogP contribution < -0.4 is 14.8 Å². The van der Waals surface area contributed by atoms with Gasteiger partial charge in [-0.1, -0.05) is 48.2 Å². The van der Waals surface area contributed by atoms with Crippen molar-refractivity contribution in [3.8, 4) is 17.2 Å². The zero-order valence-corrected chi connectivity index (χ0v) is 28.4. The van der Waals surface area contributed by atoms with Crippen molar-refractivity contribution in [2.45, 2.75) is 38.0 Å². The van der Waals surface area contributed by atoms with Crippen molar-refractivity contribution >= 4 is 40.6 Å². The SMILES string of the molecule is COc1cccc([C@H]2CC(c3cccs3)=NN2C(=O)CSc2nnc(CNC(=O)c3cccc(F)c3)n2-c2cccc(C)c2C)c1OC. The van der Waals surface area contributed by atoms with Crippen LogP contribution >= 0.6 is 23.1 Å². The molecule has 6 rings (SSSR count). The van der Waals surface area contributed by atoms with Crippen LogP contribution in [0.2, 0.25) is 0 Å². The number of hydrogen-bond donors (Lipinski definition) is 1. The minimum Gasteiger partial charge on any atom is -0.493 e. The Bertz CT molecular complexity index is 1990. The summed E-state index contributed by atoms with van der Waals surface area (Å²) in [6.45, 7) is 4.04. The van der Waals surface area contributed by atoms with E-state index in [4.69, 9.17) is 14.6 Å². The van der Waals surface area contributed by atoms with Crippen molar-refractivity contribution in [2.24, 2.45) is 5.10 Å². The van der Waals surface area contributed by atoms with Gasteiger partial charge in [0.25, 0.3) is 11.8 Å². The molecule has 0 aliphatic carbocycles. The van der Waals surface area contributed by atoms with Gasteiger partial charge in [-0.05, 0) is 66.8 Å². The van der Waals surface area contributed by atoms with Gasteiger partial charge in [-0.2, -0.15) is 5.10 Å². The predicted octanol–water partition coefficient (Wildman–Crippen LogP) is 6.50. The van der Waals surface area contributed by atoms with Crippen LogP contribution in [0.4, 0.5) is 4.39 Å². The third-order valence-corrected chi connectivity index (χ3v) is 9.93. The van der Waals surface area contributed by atoms with E-state index in [-0.39, 0.29) is 23.8 Å². The summed E-state index contributed by atoms with van der Waals surface area (Å²) in [6, 6.07) is 20.5. The first kappa shape index (κ1) is 32.9. The van der Waals surface area contributed by atoms with Gasteiger partial charge in [0.1, 0.15) is 5.82 Å². The number of halogens is 1. The van der Waals surface area contributed by atoms with Gasteiger partial charge >= 0.3 is 0 Å². The van der Waals surface area contributed by atoms with E-state index in [0.717, 1.165) is 33.0 Å². The zero-order valence-electron chi connectivity index (χ0n) is 26.8. The second-order valence-corrected chi connectivity index (χ2v) is 12.9. The zero-order chi connectivity index (χ0) is 33.8. The number of amides is 2. The van der Waals surface area contributed by atoms with Crippen LogP contribution in [0.15, 0.2) is 88.4 Å². The molecule has 246 valence electrons. The van der Waals surface area contributed by atoms with Crippen molar-refractivity contribution in [1.82, 2.24) is 25.1 Å². The number of thiophene rings is 1. The van der Waals surface area contributed by atoms with E-state index >= 15 is 0 Å².